The third-order valence-electron chi connectivity index (χ3n) is 5.47. The van der Waals surface area contributed by atoms with Gasteiger partial charge in [0, 0.05) is 5.02 Å². The third-order valence-corrected chi connectivity index (χ3v) is 7.25. The van der Waals surface area contributed by atoms with E-state index in [1.165, 1.54) is 43.0 Å². The fourth-order valence-electron chi connectivity index (χ4n) is 3.88. The summed E-state index contributed by atoms with van der Waals surface area (Å²) in [5, 5.41) is 3.47. The van der Waals surface area contributed by atoms with E-state index in [1.807, 2.05) is 13.0 Å². The predicted octanol–water partition coefficient (Wildman–Crippen LogP) is 4.90. The molecule has 5 nitrogen and oxygen atoms in total. The SMILES string of the molecule is C[C@@H](NC(=O)[C@H](C)N(c1cc(Cl)ccc1Cl)S(C)(=O)=O)c1ccc2c(c1)CCCC2. The minimum Gasteiger partial charge on any atom is -0.348 e. The molecule has 0 heterocycles. The van der Waals surface area contributed by atoms with Crippen LogP contribution in [-0.2, 0) is 27.7 Å². The number of carbonyl (C=O) groups excluding carboxylic acids is 1. The number of sulfonamides is 1. The molecule has 0 aromatic heterocycles. The van der Waals surface area contributed by atoms with Crippen molar-refractivity contribution in [1.29, 1.82) is 0 Å². The molecule has 2 aromatic carbocycles. The van der Waals surface area contributed by atoms with Gasteiger partial charge in [0.1, 0.15) is 6.04 Å². The Bertz CT molecular complexity index is 1060. The third kappa shape index (κ3) is 5.10. The minimum absolute atomic E-state index is 0.177. The fourth-order valence-corrected chi connectivity index (χ4v) is 5.48. The molecule has 1 aliphatic rings. The van der Waals surface area contributed by atoms with E-state index in [-0.39, 0.29) is 16.8 Å². The molecule has 0 fully saturated rings. The van der Waals surface area contributed by atoms with Crippen molar-refractivity contribution in [3.8, 4) is 0 Å². The summed E-state index contributed by atoms with van der Waals surface area (Å²) in [6, 6.07) is 9.56. The van der Waals surface area contributed by atoms with Gasteiger partial charge in [0.25, 0.3) is 0 Å². The Hall–Kier alpha value is -1.76. The number of benzene rings is 2. The van der Waals surface area contributed by atoms with E-state index in [2.05, 4.69) is 17.4 Å². The molecule has 0 bridgehead atoms. The average Bonchev–Trinajstić information content (AvgIpc) is 2.69. The predicted molar refractivity (Wildman–Crippen MR) is 123 cm³/mol. The van der Waals surface area contributed by atoms with Gasteiger partial charge in [0.05, 0.1) is 23.0 Å². The number of fused-ring (bicyclic) bond motifs is 1. The number of aryl methyl sites for hydroxylation is 2. The standard InChI is InChI=1S/C22H26Cl2N2O3S/c1-14(17-9-8-16-6-4-5-7-18(16)12-17)25-22(27)15(2)26(30(3,28)29)21-13-19(23)10-11-20(21)24/h8-15H,4-7H2,1-3H3,(H,25,27)/t14-,15+/m1/s1. The quantitative estimate of drug-likeness (QED) is 0.654. The van der Waals surface area contributed by atoms with Gasteiger partial charge < -0.3 is 5.32 Å². The molecule has 0 saturated carbocycles. The maximum absolute atomic E-state index is 13.0. The van der Waals surface area contributed by atoms with Gasteiger partial charge in [0.15, 0.2) is 0 Å². The monoisotopic (exact) mass is 468 g/mol. The Labute approximate surface area is 188 Å². The van der Waals surface area contributed by atoms with Gasteiger partial charge in [-0.1, -0.05) is 41.4 Å². The summed E-state index contributed by atoms with van der Waals surface area (Å²) in [7, 11) is -3.78. The molecule has 1 aliphatic carbocycles. The van der Waals surface area contributed by atoms with Crippen molar-refractivity contribution >= 4 is 44.8 Å². The first-order chi connectivity index (χ1) is 14.1. The zero-order valence-electron chi connectivity index (χ0n) is 17.3. The summed E-state index contributed by atoms with van der Waals surface area (Å²) in [6.07, 6.45) is 5.58. The molecule has 0 unspecified atom stereocenters. The first-order valence-electron chi connectivity index (χ1n) is 9.94. The van der Waals surface area contributed by atoms with Crippen molar-refractivity contribution < 1.29 is 13.2 Å². The van der Waals surface area contributed by atoms with Crippen LogP contribution in [0.15, 0.2) is 36.4 Å². The van der Waals surface area contributed by atoms with Crippen molar-refractivity contribution in [3.05, 3.63) is 63.1 Å². The summed E-state index contributed by atoms with van der Waals surface area (Å²) >= 11 is 12.3. The molecule has 3 rings (SSSR count). The zero-order valence-corrected chi connectivity index (χ0v) is 19.6. The van der Waals surface area contributed by atoms with E-state index >= 15 is 0 Å². The highest BCUT2D eigenvalue weighted by Crippen LogP contribution is 2.32. The van der Waals surface area contributed by atoms with Crippen molar-refractivity contribution in [2.75, 3.05) is 10.6 Å². The summed E-state index contributed by atoms with van der Waals surface area (Å²) in [5.41, 5.74) is 3.88. The number of anilines is 1. The van der Waals surface area contributed by atoms with Gasteiger partial charge in [0.2, 0.25) is 15.9 Å². The van der Waals surface area contributed by atoms with Crippen LogP contribution in [0, 0.1) is 0 Å². The van der Waals surface area contributed by atoms with E-state index in [0.29, 0.717) is 5.02 Å². The molecule has 0 aliphatic heterocycles. The van der Waals surface area contributed by atoms with E-state index in [9.17, 15) is 13.2 Å². The van der Waals surface area contributed by atoms with Crippen LogP contribution in [0.25, 0.3) is 0 Å². The highest BCUT2D eigenvalue weighted by Gasteiger charge is 2.31. The fraction of sp³-hybridized carbons (Fsp3) is 0.409. The first kappa shape index (κ1) is 22.9. The van der Waals surface area contributed by atoms with Crippen molar-refractivity contribution in [2.45, 2.75) is 51.6 Å². The number of rotatable bonds is 6. The first-order valence-corrected chi connectivity index (χ1v) is 12.5. The highest BCUT2D eigenvalue weighted by molar-refractivity contribution is 7.92. The molecule has 1 N–H and O–H groups in total. The summed E-state index contributed by atoms with van der Waals surface area (Å²) < 4.78 is 26.0. The van der Waals surface area contributed by atoms with Crippen LogP contribution in [0.5, 0.6) is 0 Å². The molecule has 0 radical (unpaired) electrons. The lowest BCUT2D eigenvalue weighted by atomic mass is 9.89. The van der Waals surface area contributed by atoms with Gasteiger partial charge >= 0.3 is 0 Å². The van der Waals surface area contributed by atoms with E-state index in [4.69, 9.17) is 23.2 Å². The second kappa shape index (κ2) is 9.16. The maximum Gasteiger partial charge on any atom is 0.244 e. The second-order valence-corrected chi connectivity index (χ2v) is 10.5. The number of carbonyl (C=O) groups is 1. The largest absolute Gasteiger partial charge is 0.348 e. The maximum atomic E-state index is 13.0. The summed E-state index contributed by atoms with van der Waals surface area (Å²) in [6.45, 7) is 3.43. The Kier molecular flexibility index (Phi) is 7.00. The molecule has 2 atom stereocenters. The van der Waals surface area contributed by atoms with E-state index in [1.54, 1.807) is 6.07 Å². The molecule has 0 spiro atoms. The minimum atomic E-state index is -3.78. The van der Waals surface area contributed by atoms with Crippen LogP contribution < -0.4 is 9.62 Å². The number of nitrogens with zero attached hydrogens (tertiary/aromatic N) is 1. The van der Waals surface area contributed by atoms with Crippen LogP contribution in [0.1, 0.15) is 49.4 Å². The Morgan fingerprint density at radius 2 is 1.70 bits per heavy atom. The van der Waals surface area contributed by atoms with Crippen molar-refractivity contribution in [2.24, 2.45) is 0 Å². The number of nitrogens with one attached hydrogen (secondary N) is 1. The highest BCUT2D eigenvalue weighted by atomic mass is 35.5. The molecular formula is C22H26Cl2N2O3S. The summed E-state index contributed by atoms with van der Waals surface area (Å²) in [5.74, 6) is -0.415. The smallest absolute Gasteiger partial charge is 0.244 e. The second-order valence-electron chi connectivity index (χ2n) is 7.80. The Morgan fingerprint density at radius 3 is 2.37 bits per heavy atom. The molecule has 30 heavy (non-hydrogen) atoms. The van der Waals surface area contributed by atoms with E-state index in [0.717, 1.165) is 29.0 Å². The van der Waals surface area contributed by atoms with Crippen molar-refractivity contribution in [1.82, 2.24) is 5.32 Å². The zero-order chi connectivity index (χ0) is 22.1. The van der Waals surface area contributed by atoms with Crippen LogP contribution in [-0.4, -0.2) is 26.6 Å². The molecular weight excluding hydrogens is 443 g/mol. The number of amides is 1. The normalized spacial score (nSPS) is 15.8. The van der Waals surface area contributed by atoms with Crippen LogP contribution >= 0.6 is 23.2 Å². The van der Waals surface area contributed by atoms with Gasteiger partial charge in [-0.15, -0.1) is 0 Å². The number of hydrogen-bond donors (Lipinski definition) is 1. The van der Waals surface area contributed by atoms with Crippen molar-refractivity contribution in [3.63, 3.8) is 0 Å². The lowest BCUT2D eigenvalue weighted by molar-refractivity contribution is -0.122. The Balaban J connectivity index is 1.83. The van der Waals surface area contributed by atoms with Crippen LogP contribution in [0.4, 0.5) is 5.69 Å². The summed E-state index contributed by atoms with van der Waals surface area (Å²) in [4.78, 5) is 13.0. The Morgan fingerprint density at radius 1 is 1.03 bits per heavy atom. The molecule has 1 amide bonds. The lowest BCUT2D eigenvalue weighted by Gasteiger charge is -2.30. The average molecular weight is 469 g/mol. The topological polar surface area (TPSA) is 66.5 Å². The van der Waals surface area contributed by atoms with Crippen LogP contribution in [0.2, 0.25) is 10.0 Å². The van der Waals surface area contributed by atoms with Gasteiger partial charge in [-0.3, -0.25) is 9.10 Å². The van der Waals surface area contributed by atoms with Crippen LogP contribution in [0.3, 0.4) is 0 Å². The van der Waals surface area contributed by atoms with Gasteiger partial charge in [-0.25, -0.2) is 8.42 Å². The number of halogens is 2. The van der Waals surface area contributed by atoms with Gasteiger partial charge in [-0.2, -0.15) is 0 Å². The lowest BCUT2D eigenvalue weighted by Crippen LogP contribution is -2.48. The van der Waals surface area contributed by atoms with E-state index < -0.39 is 22.0 Å². The van der Waals surface area contributed by atoms with Gasteiger partial charge in [-0.05, 0) is 74.4 Å². The molecule has 2 aromatic rings. The molecule has 162 valence electrons. The molecule has 0 saturated heterocycles. The molecule has 8 heteroatoms. The number of hydrogen-bond acceptors (Lipinski definition) is 3.